The number of carbonyl (C=O) groups excluding carboxylic acids is 2. The van der Waals surface area contributed by atoms with Gasteiger partial charge in [-0.15, -0.1) is 17.9 Å². The van der Waals surface area contributed by atoms with Crippen LogP contribution in [0.2, 0.25) is 0 Å². The highest BCUT2D eigenvalue weighted by molar-refractivity contribution is 7.89. The molecule has 6 nitrogen and oxygen atoms in total. The molecule has 3 unspecified atom stereocenters. The molecule has 1 amide bonds. The molecule has 8 heteroatoms. The number of benzene rings is 1. The molecular weight excluding hydrogens is 540 g/mol. The Balaban J connectivity index is 1.42. The van der Waals surface area contributed by atoms with Crippen LogP contribution in [0.4, 0.5) is 0 Å². The topological polar surface area (TPSA) is 74.8 Å². The van der Waals surface area contributed by atoms with Gasteiger partial charge in [-0.1, -0.05) is 65.0 Å². The zero-order chi connectivity index (χ0) is 29.1. The number of rotatable bonds is 8. The van der Waals surface area contributed by atoms with Gasteiger partial charge in [0.05, 0.1) is 18.3 Å². The number of fused-ring (bicyclic) bond motifs is 3. The Hall–Kier alpha value is -2.29. The first-order chi connectivity index (χ1) is 18.7. The van der Waals surface area contributed by atoms with Gasteiger partial charge in [0.25, 0.3) is 0 Å². The summed E-state index contributed by atoms with van der Waals surface area (Å²) in [5, 5.41) is 2.07. The molecular formula is C32H42N2O4S2. The number of hydrogen-bond donors (Lipinski definition) is 0. The summed E-state index contributed by atoms with van der Waals surface area (Å²) in [4.78, 5) is 30.2. The number of hydrogen-bond acceptors (Lipinski definition) is 5. The first-order valence-electron chi connectivity index (χ1n) is 14.3. The second-order valence-electron chi connectivity index (χ2n) is 13.4. The van der Waals surface area contributed by atoms with Crippen molar-refractivity contribution in [2.24, 2.45) is 16.7 Å². The number of carbonyl (C=O) groups is 2. The van der Waals surface area contributed by atoms with Crippen LogP contribution in [-0.4, -0.2) is 54.7 Å². The molecule has 2 aromatic rings. The number of ketones is 1. The molecule has 2 aliphatic carbocycles. The molecule has 0 spiro atoms. The Morgan fingerprint density at radius 3 is 2.48 bits per heavy atom. The van der Waals surface area contributed by atoms with Crippen molar-refractivity contribution in [2.75, 3.05) is 25.4 Å². The van der Waals surface area contributed by atoms with Crippen molar-refractivity contribution in [3.63, 3.8) is 0 Å². The van der Waals surface area contributed by atoms with Crippen molar-refractivity contribution in [1.29, 1.82) is 0 Å². The Morgan fingerprint density at radius 1 is 1.20 bits per heavy atom. The molecule has 2 fully saturated rings. The lowest BCUT2D eigenvalue weighted by Gasteiger charge is -2.39. The highest BCUT2D eigenvalue weighted by Crippen LogP contribution is 2.64. The third kappa shape index (κ3) is 4.80. The molecule has 3 atom stereocenters. The number of amides is 1. The third-order valence-corrected chi connectivity index (χ3v) is 12.9. The summed E-state index contributed by atoms with van der Waals surface area (Å²) in [5.74, 6) is -0.188. The Bertz CT molecular complexity index is 1420. The Kier molecular flexibility index (Phi) is 7.46. The van der Waals surface area contributed by atoms with Crippen molar-refractivity contribution in [2.45, 2.75) is 71.8 Å². The Morgan fingerprint density at radius 2 is 1.90 bits per heavy atom. The van der Waals surface area contributed by atoms with E-state index in [1.54, 1.807) is 11.3 Å². The van der Waals surface area contributed by atoms with Crippen LogP contribution < -0.4 is 0 Å². The van der Waals surface area contributed by atoms with Crippen molar-refractivity contribution in [1.82, 2.24) is 9.21 Å². The summed E-state index contributed by atoms with van der Waals surface area (Å²) >= 11 is 1.71. The maximum atomic E-state index is 14.0. The van der Waals surface area contributed by atoms with Crippen LogP contribution in [0.3, 0.4) is 0 Å². The molecule has 0 saturated heterocycles. The van der Waals surface area contributed by atoms with Gasteiger partial charge in [-0.2, -0.15) is 4.31 Å². The lowest BCUT2D eigenvalue weighted by molar-refractivity contribution is -0.133. The summed E-state index contributed by atoms with van der Waals surface area (Å²) in [6.45, 7) is 14.7. The monoisotopic (exact) mass is 582 g/mol. The third-order valence-electron chi connectivity index (χ3n) is 9.98. The van der Waals surface area contributed by atoms with Gasteiger partial charge in [-0.05, 0) is 64.1 Å². The minimum atomic E-state index is -3.91. The zero-order valence-electron chi connectivity index (χ0n) is 24.4. The van der Waals surface area contributed by atoms with Crippen LogP contribution >= 0.6 is 11.3 Å². The fourth-order valence-electron chi connectivity index (χ4n) is 7.28. The van der Waals surface area contributed by atoms with Crippen LogP contribution in [0.1, 0.15) is 81.5 Å². The standard InChI is InChI=1S/C32H42N2O4S2/c1-7-16-33(40(37,38)21-32-15-12-24(19-27(32)35)31(32,5)6)20-28(36)34-17-13-26-25(14-18-39-26)29(34)22-8-10-23(11-9-22)30(2,3)4/h7-11,14,18,24,29H,1,12-13,15-17,19-21H2,2-6H3. The smallest absolute Gasteiger partial charge is 0.238 e. The summed E-state index contributed by atoms with van der Waals surface area (Å²) in [7, 11) is -3.91. The summed E-state index contributed by atoms with van der Waals surface area (Å²) in [6, 6.07) is 10.3. The van der Waals surface area contributed by atoms with E-state index in [2.05, 4.69) is 63.1 Å². The van der Waals surface area contributed by atoms with Crippen molar-refractivity contribution < 1.29 is 18.0 Å². The quantitative estimate of drug-likeness (QED) is 0.373. The van der Waals surface area contributed by atoms with Gasteiger partial charge in [-0.25, -0.2) is 8.42 Å². The molecule has 40 heavy (non-hydrogen) atoms. The first kappa shape index (κ1) is 29.2. The molecule has 1 aromatic carbocycles. The molecule has 1 aromatic heterocycles. The predicted octanol–water partition coefficient (Wildman–Crippen LogP) is 5.73. The fourth-order valence-corrected chi connectivity index (χ4v) is 10.3. The largest absolute Gasteiger partial charge is 0.330 e. The van der Waals surface area contributed by atoms with Crippen LogP contribution in [0.5, 0.6) is 0 Å². The van der Waals surface area contributed by atoms with E-state index >= 15 is 0 Å². The van der Waals surface area contributed by atoms with Crippen LogP contribution in [0, 0.1) is 16.7 Å². The van der Waals surface area contributed by atoms with Crippen LogP contribution in [-0.2, 0) is 31.4 Å². The number of thiophene rings is 1. The molecule has 216 valence electrons. The predicted molar refractivity (Wildman–Crippen MR) is 161 cm³/mol. The average molecular weight is 583 g/mol. The summed E-state index contributed by atoms with van der Waals surface area (Å²) in [5.41, 5.74) is 2.12. The molecule has 2 heterocycles. The van der Waals surface area contributed by atoms with Gasteiger partial charge >= 0.3 is 0 Å². The van der Waals surface area contributed by atoms with Crippen molar-refractivity contribution in [3.8, 4) is 0 Å². The highest BCUT2D eigenvalue weighted by Gasteiger charge is 2.65. The molecule has 3 aliphatic rings. The second-order valence-corrected chi connectivity index (χ2v) is 16.4. The van der Waals surface area contributed by atoms with E-state index in [-0.39, 0.29) is 53.3 Å². The highest BCUT2D eigenvalue weighted by atomic mass is 32.2. The van der Waals surface area contributed by atoms with Crippen LogP contribution in [0.25, 0.3) is 0 Å². The van der Waals surface area contributed by atoms with E-state index in [4.69, 9.17) is 0 Å². The van der Waals surface area contributed by atoms with E-state index in [0.29, 0.717) is 19.4 Å². The van der Waals surface area contributed by atoms with Crippen molar-refractivity contribution >= 4 is 33.1 Å². The minimum absolute atomic E-state index is 0.0157. The van der Waals surface area contributed by atoms with Crippen LogP contribution in [0.15, 0.2) is 48.4 Å². The normalized spacial score (nSPS) is 25.9. The molecule has 0 N–H and O–H groups in total. The van der Waals surface area contributed by atoms with E-state index in [0.717, 1.165) is 24.0 Å². The number of Topliss-reactive ketones (excluding diaryl/α,β-unsaturated/α-hetero) is 1. The van der Waals surface area contributed by atoms with E-state index in [1.165, 1.54) is 20.8 Å². The summed E-state index contributed by atoms with van der Waals surface area (Å²) < 4.78 is 29.1. The molecule has 5 rings (SSSR count). The fraction of sp³-hybridized carbons (Fsp3) is 0.562. The van der Waals surface area contributed by atoms with Gasteiger partial charge in [-0.3, -0.25) is 9.59 Å². The van der Waals surface area contributed by atoms with Gasteiger partial charge < -0.3 is 4.90 Å². The van der Waals surface area contributed by atoms with Gasteiger partial charge in [0.1, 0.15) is 5.78 Å². The van der Waals surface area contributed by atoms with E-state index in [9.17, 15) is 18.0 Å². The summed E-state index contributed by atoms with van der Waals surface area (Å²) in [6.07, 6.45) is 4.20. The van der Waals surface area contributed by atoms with Crippen molar-refractivity contribution in [3.05, 3.63) is 69.9 Å². The number of sulfonamides is 1. The lowest BCUT2D eigenvalue weighted by Crippen LogP contribution is -2.50. The molecule has 1 aliphatic heterocycles. The SMILES string of the molecule is C=CCN(CC(=O)N1CCc2sccc2C1c1ccc(C(C)(C)C)cc1)S(=O)(=O)CC12CCC(CC1=O)C2(C)C. The molecule has 2 bridgehead atoms. The first-order valence-corrected chi connectivity index (χ1v) is 16.8. The average Bonchev–Trinajstić information content (AvgIpc) is 3.50. The maximum absolute atomic E-state index is 14.0. The van der Waals surface area contributed by atoms with E-state index < -0.39 is 15.4 Å². The maximum Gasteiger partial charge on any atom is 0.238 e. The second kappa shape index (κ2) is 10.2. The Labute approximate surface area is 243 Å². The number of nitrogens with zero attached hydrogens (tertiary/aromatic N) is 2. The van der Waals surface area contributed by atoms with Gasteiger partial charge in [0.15, 0.2) is 0 Å². The zero-order valence-corrected chi connectivity index (χ0v) is 26.0. The van der Waals surface area contributed by atoms with Gasteiger partial charge in [0, 0.05) is 29.8 Å². The minimum Gasteiger partial charge on any atom is -0.330 e. The molecule has 0 radical (unpaired) electrons. The van der Waals surface area contributed by atoms with E-state index in [1.807, 2.05) is 18.7 Å². The van der Waals surface area contributed by atoms with Gasteiger partial charge in [0.2, 0.25) is 15.9 Å². The lowest BCUT2D eigenvalue weighted by atomic mass is 9.70. The molecule has 2 saturated carbocycles.